The first-order valence-corrected chi connectivity index (χ1v) is 4.03. The van der Waals surface area contributed by atoms with Crippen LogP contribution in [0.15, 0.2) is 6.20 Å². The van der Waals surface area contributed by atoms with Crippen LogP contribution in [0.4, 0.5) is 0 Å². The van der Waals surface area contributed by atoms with Gasteiger partial charge in [-0.2, -0.15) is 13.6 Å². The second-order valence-corrected chi connectivity index (χ2v) is 2.96. The maximum atomic E-state index is 10.3. The molecule has 0 spiro atoms. The van der Waals surface area contributed by atoms with Crippen LogP contribution in [-0.4, -0.2) is 23.4 Å². The Morgan fingerprint density at radius 1 is 1.73 bits per heavy atom. The summed E-state index contributed by atoms with van der Waals surface area (Å²) >= 11 is 0. The van der Waals surface area contributed by atoms with E-state index in [1.165, 1.54) is 10.9 Å². The first kappa shape index (κ1) is 7.95. The molecule has 1 rings (SSSR count). The minimum atomic E-state index is -3.98. The second-order valence-electron chi connectivity index (χ2n) is 1.81. The number of rotatable bonds is 2. The number of hydrogen-bond donors (Lipinski definition) is 1. The van der Waals surface area contributed by atoms with Crippen molar-refractivity contribution in [2.45, 2.75) is 0 Å². The topological polar surface area (TPSA) is 100 Å². The third-order valence-electron chi connectivity index (χ3n) is 0.783. The average molecular weight is 178 g/mol. The van der Waals surface area contributed by atoms with E-state index in [2.05, 4.69) is 19.6 Å². The fourth-order valence-corrected chi connectivity index (χ4v) is 0.798. The Balaban J connectivity index is 2.81. The quantitative estimate of drug-likeness (QED) is 0.587. The van der Waals surface area contributed by atoms with Crippen molar-refractivity contribution in [3.05, 3.63) is 6.20 Å². The fraction of sp³-hybridized carbons (Fsp3) is 0.333. The highest BCUT2D eigenvalue weighted by atomic mass is 32.2. The summed E-state index contributed by atoms with van der Waals surface area (Å²) in [5, 5.41) is 11.3. The summed E-state index contributed by atoms with van der Waals surface area (Å²) in [4.78, 5) is 0. The van der Waals surface area contributed by atoms with Gasteiger partial charge in [0, 0.05) is 7.05 Å². The molecule has 0 amide bonds. The SMILES string of the molecule is Cn1cc(OS(N)(=O)=O)nn1. The van der Waals surface area contributed by atoms with Gasteiger partial charge in [0.25, 0.3) is 5.88 Å². The van der Waals surface area contributed by atoms with E-state index < -0.39 is 10.3 Å². The Bertz CT molecular complexity index is 341. The van der Waals surface area contributed by atoms with Gasteiger partial charge in [-0.1, -0.05) is 10.3 Å². The molecule has 8 heteroatoms. The Morgan fingerprint density at radius 3 is 2.73 bits per heavy atom. The number of hydrogen-bond acceptors (Lipinski definition) is 5. The van der Waals surface area contributed by atoms with Crippen molar-refractivity contribution in [2.24, 2.45) is 12.2 Å². The lowest BCUT2D eigenvalue weighted by Gasteiger charge is -1.93. The molecule has 0 saturated heterocycles. The average Bonchev–Trinajstić information content (AvgIpc) is 2.10. The number of aryl methyl sites for hydroxylation is 1. The molecular weight excluding hydrogens is 172 g/mol. The summed E-state index contributed by atoms with van der Waals surface area (Å²) < 4.78 is 26.0. The standard InChI is InChI=1S/C3H6N4O3S/c1-7-2-3(5-6-7)10-11(4,8)9/h2H,1H3,(H2,4,8,9). The largest absolute Gasteiger partial charge is 0.381 e. The first-order chi connectivity index (χ1) is 4.97. The number of nitrogens with two attached hydrogens (primary N) is 1. The van der Waals surface area contributed by atoms with Crippen LogP contribution in [0.25, 0.3) is 0 Å². The molecule has 0 unspecified atom stereocenters. The number of nitrogens with zero attached hydrogens (tertiary/aromatic N) is 3. The van der Waals surface area contributed by atoms with Crippen molar-refractivity contribution in [3.8, 4) is 5.88 Å². The zero-order chi connectivity index (χ0) is 8.48. The summed E-state index contributed by atoms with van der Waals surface area (Å²) in [5.41, 5.74) is 0. The monoisotopic (exact) mass is 178 g/mol. The molecule has 11 heavy (non-hydrogen) atoms. The smallest absolute Gasteiger partial charge is 0.347 e. The second kappa shape index (κ2) is 2.47. The van der Waals surface area contributed by atoms with Gasteiger partial charge in [0.05, 0.1) is 6.20 Å². The van der Waals surface area contributed by atoms with Gasteiger partial charge in [-0.15, -0.1) is 0 Å². The van der Waals surface area contributed by atoms with Gasteiger partial charge >= 0.3 is 10.3 Å². The zero-order valence-electron chi connectivity index (χ0n) is 5.63. The Hall–Kier alpha value is -1.15. The lowest BCUT2D eigenvalue weighted by molar-refractivity contribution is 0.477. The normalized spacial score (nSPS) is 11.5. The van der Waals surface area contributed by atoms with Crippen molar-refractivity contribution in [3.63, 3.8) is 0 Å². The molecule has 62 valence electrons. The van der Waals surface area contributed by atoms with Gasteiger partial charge in [0.1, 0.15) is 0 Å². The van der Waals surface area contributed by atoms with Gasteiger partial charge in [-0.3, -0.25) is 4.68 Å². The molecule has 0 aliphatic rings. The summed E-state index contributed by atoms with van der Waals surface area (Å²) in [7, 11) is -2.41. The maximum absolute atomic E-state index is 10.3. The van der Waals surface area contributed by atoms with Crippen LogP contribution in [-0.2, 0) is 17.4 Å². The minimum Gasteiger partial charge on any atom is -0.347 e. The third-order valence-corrected chi connectivity index (χ3v) is 1.19. The highest BCUT2D eigenvalue weighted by molar-refractivity contribution is 7.84. The molecule has 0 aliphatic carbocycles. The van der Waals surface area contributed by atoms with E-state index in [0.717, 1.165) is 0 Å². The van der Waals surface area contributed by atoms with Crippen LogP contribution in [0, 0.1) is 0 Å². The van der Waals surface area contributed by atoms with Crippen molar-refractivity contribution >= 4 is 10.3 Å². The van der Waals surface area contributed by atoms with E-state index in [1.807, 2.05) is 0 Å². The van der Waals surface area contributed by atoms with Crippen LogP contribution < -0.4 is 9.32 Å². The van der Waals surface area contributed by atoms with E-state index in [9.17, 15) is 8.42 Å². The zero-order valence-corrected chi connectivity index (χ0v) is 6.45. The molecule has 1 aromatic rings. The van der Waals surface area contributed by atoms with Crippen molar-refractivity contribution in [1.82, 2.24) is 15.0 Å². The van der Waals surface area contributed by atoms with E-state index in [0.29, 0.717) is 0 Å². The van der Waals surface area contributed by atoms with Crippen molar-refractivity contribution in [1.29, 1.82) is 0 Å². The molecule has 0 bridgehead atoms. The van der Waals surface area contributed by atoms with Gasteiger partial charge in [0.2, 0.25) is 0 Å². The fourth-order valence-electron chi connectivity index (χ4n) is 0.483. The van der Waals surface area contributed by atoms with Gasteiger partial charge in [0.15, 0.2) is 0 Å². The summed E-state index contributed by atoms with van der Waals surface area (Å²) in [6, 6.07) is 0. The first-order valence-electron chi connectivity index (χ1n) is 2.56. The molecule has 7 nitrogen and oxygen atoms in total. The maximum Gasteiger partial charge on any atom is 0.381 e. The third kappa shape index (κ3) is 2.51. The molecule has 0 aromatic carbocycles. The van der Waals surface area contributed by atoms with E-state index >= 15 is 0 Å². The number of aromatic nitrogens is 3. The van der Waals surface area contributed by atoms with Crippen LogP contribution in [0.1, 0.15) is 0 Å². The molecule has 0 radical (unpaired) electrons. The van der Waals surface area contributed by atoms with Gasteiger partial charge < -0.3 is 4.18 Å². The van der Waals surface area contributed by atoms with E-state index in [1.54, 1.807) is 7.05 Å². The molecule has 1 heterocycles. The molecule has 0 aliphatic heterocycles. The molecule has 0 fully saturated rings. The summed E-state index contributed by atoms with van der Waals surface area (Å²) in [6.07, 6.45) is 1.28. The predicted molar refractivity (Wildman–Crippen MR) is 34.7 cm³/mol. The molecular formula is C3H6N4O3S. The predicted octanol–water partition coefficient (Wildman–Crippen LogP) is -1.60. The van der Waals surface area contributed by atoms with Crippen molar-refractivity contribution < 1.29 is 12.6 Å². The van der Waals surface area contributed by atoms with Crippen LogP contribution >= 0.6 is 0 Å². The molecule has 0 saturated carbocycles. The Kier molecular flexibility index (Phi) is 1.79. The molecule has 1 aromatic heterocycles. The lowest BCUT2D eigenvalue weighted by atomic mass is 10.8. The van der Waals surface area contributed by atoms with Crippen molar-refractivity contribution in [2.75, 3.05) is 0 Å². The Labute approximate surface area is 63.0 Å². The summed E-state index contributed by atoms with van der Waals surface area (Å²) in [6.45, 7) is 0. The summed E-state index contributed by atoms with van der Waals surface area (Å²) in [5.74, 6) is -0.144. The van der Waals surface area contributed by atoms with Crippen LogP contribution in [0.3, 0.4) is 0 Å². The van der Waals surface area contributed by atoms with E-state index in [4.69, 9.17) is 0 Å². The lowest BCUT2D eigenvalue weighted by Crippen LogP contribution is -2.19. The van der Waals surface area contributed by atoms with Crippen LogP contribution in [0.2, 0.25) is 0 Å². The minimum absolute atomic E-state index is 0.144. The highest BCUT2D eigenvalue weighted by Crippen LogP contribution is 2.02. The van der Waals surface area contributed by atoms with E-state index in [-0.39, 0.29) is 5.88 Å². The molecule has 0 atom stereocenters. The van der Waals surface area contributed by atoms with Crippen LogP contribution in [0.5, 0.6) is 5.88 Å². The van der Waals surface area contributed by atoms with Gasteiger partial charge in [-0.25, -0.2) is 0 Å². The molecule has 2 N–H and O–H groups in total. The highest BCUT2D eigenvalue weighted by Gasteiger charge is 2.07. The van der Waals surface area contributed by atoms with Gasteiger partial charge in [-0.05, 0) is 0 Å². The Morgan fingerprint density at radius 2 is 2.36 bits per heavy atom.